The molecule has 3 aliphatic rings. The number of likely N-dealkylation sites (tertiary alicyclic amines) is 2. The maximum atomic E-state index is 6.08. The van der Waals surface area contributed by atoms with E-state index in [0.29, 0.717) is 6.04 Å². The van der Waals surface area contributed by atoms with Gasteiger partial charge in [0.2, 0.25) is 0 Å². The van der Waals surface area contributed by atoms with Gasteiger partial charge in [-0.3, -0.25) is 9.80 Å². The van der Waals surface area contributed by atoms with E-state index < -0.39 is 0 Å². The Bertz CT molecular complexity index is 262. The summed E-state index contributed by atoms with van der Waals surface area (Å²) in [6, 6.07) is 2.16. The molecule has 0 aromatic heterocycles. The Morgan fingerprint density at radius 2 is 1.71 bits per heavy atom. The Kier molecular flexibility index (Phi) is 3.42. The summed E-state index contributed by atoms with van der Waals surface area (Å²) in [5, 5.41) is 0. The first-order chi connectivity index (χ1) is 8.24. The van der Waals surface area contributed by atoms with E-state index in [9.17, 15) is 0 Å². The van der Waals surface area contributed by atoms with Crippen LogP contribution >= 0.6 is 0 Å². The van der Waals surface area contributed by atoms with Crippen LogP contribution in [0.1, 0.15) is 39.0 Å². The van der Waals surface area contributed by atoms with Gasteiger partial charge in [-0.1, -0.05) is 0 Å². The van der Waals surface area contributed by atoms with Crippen LogP contribution in [0.25, 0.3) is 0 Å². The molecule has 3 rings (SSSR count). The van der Waals surface area contributed by atoms with Crippen LogP contribution in [0.2, 0.25) is 0 Å². The molecule has 3 heteroatoms. The van der Waals surface area contributed by atoms with Crippen LogP contribution in [0.4, 0.5) is 0 Å². The van der Waals surface area contributed by atoms with Crippen LogP contribution in [0.5, 0.6) is 0 Å². The van der Waals surface area contributed by atoms with E-state index in [0.717, 1.165) is 18.0 Å². The summed E-state index contributed by atoms with van der Waals surface area (Å²) in [6.45, 7) is 7.41. The highest BCUT2D eigenvalue weighted by Crippen LogP contribution is 2.32. The van der Waals surface area contributed by atoms with Crippen molar-refractivity contribution in [1.29, 1.82) is 0 Å². The van der Waals surface area contributed by atoms with Crippen molar-refractivity contribution < 1.29 is 0 Å². The zero-order valence-corrected chi connectivity index (χ0v) is 11.1. The highest BCUT2D eigenvalue weighted by atomic mass is 15.3. The van der Waals surface area contributed by atoms with Crippen molar-refractivity contribution in [3.63, 3.8) is 0 Å². The van der Waals surface area contributed by atoms with Crippen LogP contribution < -0.4 is 5.73 Å². The first kappa shape index (κ1) is 11.9. The molecule has 0 radical (unpaired) electrons. The normalized spacial score (nSPS) is 38.5. The van der Waals surface area contributed by atoms with E-state index in [-0.39, 0.29) is 0 Å². The summed E-state index contributed by atoms with van der Waals surface area (Å²) in [6.07, 6.45) is 6.99. The average molecular weight is 237 g/mol. The smallest absolute Gasteiger partial charge is 0.0235 e. The lowest BCUT2D eigenvalue weighted by atomic mass is 9.91. The maximum absolute atomic E-state index is 6.08. The van der Waals surface area contributed by atoms with Gasteiger partial charge in [-0.25, -0.2) is 0 Å². The summed E-state index contributed by atoms with van der Waals surface area (Å²) in [5.74, 6) is 0.735. The van der Waals surface area contributed by atoms with Crippen LogP contribution in [-0.4, -0.2) is 54.1 Å². The molecule has 2 N–H and O–H groups in total. The molecule has 3 nitrogen and oxygen atoms in total. The number of nitrogens with zero attached hydrogens (tertiary/aromatic N) is 2. The molecule has 3 atom stereocenters. The van der Waals surface area contributed by atoms with E-state index in [1.165, 1.54) is 58.3 Å². The molecule has 1 aliphatic carbocycles. The van der Waals surface area contributed by atoms with Crippen molar-refractivity contribution in [2.24, 2.45) is 11.7 Å². The molecule has 0 aromatic carbocycles. The van der Waals surface area contributed by atoms with Crippen molar-refractivity contribution >= 4 is 0 Å². The molecule has 3 unspecified atom stereocenters. The number of hydrogen-bond acceptors (Lipinski definition) is 3. The standard InChI is InChI=1S/C14H27N3/c1-11(15)12-3-2-7-16(9-12)14-6-8-17(10-14)13-4-5-13/h11-14H,2-10,15H2,1H3. The van der Waals surface area contributed by atoms with Crippen LogP contribution in [0.15, 0.2) is 0 Å². The molecule has 0 aromatic rings. The second kappa shape index (κ2) is 4.87. The van der Waals surface area contributed by atoms with Crippen molar-refractivity contribution in [2.45, 2.75) is 57.2 Å². The number of piperidine rings is 1. The van der Waals surface area contributed by atoms with Gasteiger partial charge in [0, 0.05) is 37.8 Å². The van der Waals surface area contributed by atoms with Crippen molar-refractivity contribution in [3.05, 3.63) is 0 Å². The summed E-state index contributed by atoms with van der Waals surface area (Å²) in [7, 11) is 0. The fourth-order valence-electron chi connectivity index (χ4n) is 3.64. The first-order valence-corrected chi connectivity index (χ1v) is 7.47. The van der Waals surface area contributed by atoms with Crippen LogP contribution in [0, 0.1) is 5.92 Å². The van der Waals surface area contributed by atoms with Gasteiger partial charge in [0.05, 0.1) is 0 Å². The lowest BCUT2D eigenvalue weighted by Gasteiger charge is -2.38. The SMILES string of the molecule is CC(N)C1CCCN(C2CCN(C3CC3)C2)C1. The summed E-state index contributed by atoms with van der Waals surface area (Å²) < 4.78 is 0. The minimum atomic E-state index is 0.374. The molecule has 3 fully saturated rings. The van der Waals surface area contributed by atoms with Gasteiger partial charge in [-0.2, -0.15) is 0 Å². The minimum Gasteiger partial charge on any atom is -0.328 e. The quantitative estimate of drug-likeness (QED) is 0.802. The molecule has 0 spiro atoms. The van der Waals surface area contributed by atoms with E-state index >= 15 is 0 Å². The highest BCUT2D eigenvalue weighted by molar-refractivity contribution is 4.94. The molecule has 2 aliphatic heterocycles. The van der Waals surface area contributed by atoms with Crippen molar-refractivity contribution in [3.8, 4) is 0 Å². The van der Waals surface area contributed by atoms with E-state index in [2.05, 4.69) is 16.7 Å². The van der Waals surface area contributed by atoms with Crippen molar-refractivity contribution in [2.75, 3.05) is 26.2 Å². The van der Waals surface area contributed by atoms with E-state index in [4.69, 9.17) is 5.73 Å². The van der Waals surface area contributed by atoms with Crippen molar-refractivity contribution in [1.82, 2.24) is 9.80 Å². The summed E-state index contributed by atoms with van der Waals surface area (Å²) in [5.41, 5.74) is 6.08. The van der Waals surface area contributed by atoms with E-state index in [1.54, 1.807) is 0 Å². The second-order valence-corrected chi connectivity index (χ2v) is 6.42. The lowest BCUT2D eigenvalue weighted by Crippen LogP contribution is -2.47. The Labute approximate surface area is 105 Å². The molecule has 17 heavy (non-hydrogen) atoms. The number of nitrogens with two attached hydrogens (primary N) is 1. The van der Waals surface area contributed by atoms with Gasteiger partial charge in [-0.05, 0) is 51.5 Å². The predicted octanol–water partition coefficient (Wildman–Crippen LogP) is 1.28. The third-order valence-corrected chi connectivity index (χ3v) is 5.01. The van der Waals surface area contributed by atoms with Gasteiger partial charge in [0.15, 0.2) is 0 Å². The van der Waals surface area contributed by atoms with Gasteiger partial charge in [-0.15, -0.1) is 0 Å². The summed E-state index contributed by atoms with van der Waals surface area (Å²) >= 11 is 0. The lowest BCUT2D eigenvalue weighted by molar-refractivity contribution is 0.114. The third-order valence-electron chi connectivity index (χ3n) is 5.01. The molecule has 0 amide bonds. The second-order valence-electron chi connectivity index (χ2n) is 6.42. The number of rotatable bonds is 3. The zero-order chi connectivity index (χ0) is 11.8. The van der Waals surface area contributed by atoms with Gasteiger partial charge < -0.3 is 5.73 Å². The zero-order valence-electron chi connectivity index (χ0n) is 11.1. The molecule has 2 heterocycles. The van der Waals surface area contributed by atoms with E-state index in [1.807, 2.05) is 0 Å². The molecule has 0 bridgehead atoms. The Morgan fingerprint density at radius 1 is 0.941 bits per heavy atom. The van der Waals surface area contributed by atoms with Crippen LogP contribution in [0.3, 0.4) is 0 Å². The molecule has 98 valence electrons. The minimum absolute atomic E-state index is 0.374. The highest BCUT2D eigenvalue weighted by Gasteiger charge is 2.37. The Balaban J connectivity index is 1.53. The largest absolute Gasteiger partial charge is 0.328 e. The molecular formula is C14H27N3. The fourth-order valence-corrected chi connectivity index (χ4v) is 3.64. The fraction of sp³-hybridized carbons (Fsp3) is 1.00. The molecule has 2 saturated heterocycles. The maximum Gasteiger partial charge on any atom is 0.0235 e. The Morgan fingerprint density at radius 3 is 2.41 bits per heavy atom. The van der Waals surface area contributed by atoms with Gasteiger partial charge in [0.1, 0.15) is 0 Å². The third kappa shape index (κ3) is 2.67. The van der Waals surface area contributed by atoms with Crippen LogP contribution in [-0.2, 0) is 0 Å². The monoisotopic (exact) mass is 237 g/mol. The first-order valence-electron chi connectivity index (χ1n) is 7.47. The van der Waals surface area contributed by atoms with Gasteiger partial charge >= 0.3 is 0 Å². The predicted molar refractivity (Wildman–Crippen MR) is 70.9 cm³/mol. The number of hydrogen-bond donors (Lipinski definition) is 1. The topological polar surface area (TPSA) is 32.5 Å². The molecule has 1 saturated carbocycles. The molecular weight excluding hydrogens is 210 g/mol. The summed E-state index contributed by atoms with van der Waals surface area (Å²) in [4.78, 5) is 5.46. The average Bonchev–Trinajstić information content (AvgIpc) is 3.07. The Hall–Kier alpha value is -0.120. The van der Waals surface area contributed by atoms with Gasteiger partial charge in [0.25, 0.3) is 0 Å².